The highest BCUT2D eigenvalue weighted by atomic mass is 32.2. The van der Waals surface area contributed by atoms with E-state index in [0.29, 0.717) is 11.3 Å². The Morgan fingerprint density at radius 1 is 1.30 bits per heavy atom. The standard InChI is InChI=1S/C16H22N2S2/c1-2-11-17-12-7-3-5-9-14(12)19-16-18-13-8-4-6-10-15(13)20-16/h4,6,8,10,12,14,17H,2-3,5,7,9,11H2,1H3. The van der Waals surface area contributed by atoms with Gasteiger partial charge in [-0.15, -0.1) is 11.3 Å². The molecule has 1 aromatic heterocycles. The van der Waals surface area contributed by atoms with Gasteiger partial charge in [-0.05, 0) is 37.9 Å². The summed E-state index contributed by atoms with van der Waals surface area (Å²) in [5, 5.41) is 4.42. The molecule has 3 rings (SSSR count). The van der Waals surface area contributed by atoms with Crippen LogP contribution in [0.3, 0.4) is 0 Å². The summed E-state index contributed by atoms with van der Waals surface area (Å²) in [7, 11) is 0. The predicted molar refractivity (Wildman–Crippen MR) is 89.8 cm³/mol. The molecular formula is C16H22N2S2. The van der Waals surface area contributed by atoms with Crippen molar-refractivity contribution in [2.45, 2.75) is 54.7 Å². The Kier molecular flexibility index (Phi) is 4.97. The Bertz CT molecular complexity index is 519. The van der Waals surface area contributed by atoms with Crippen molar-refractivity contribution < 1.29 is 0 Å². The van der Waals surface area contributed by atoms with Crippen molar-refractivity contribution in [1.82, 2.24) is 10.3 Å². The Balaban J connectivity index is 1.70. The molecule has 0 saturated heterocycles. The highest BCUT2D eigenvalue weighted by Crippen LogP contribution is 2.37. The first-order valence-electron chi connectivity index (χ1n) is 7.62. The summed E-state index contributed by atoms with van der Waals surface area (Å²) in [6, 6.07) is 9.12. The van der Waals surface area contributed by atoms with E-state index in [4.69, 9.17) is 4.98 Å². The largest absolute Gasteiger partial charge is 0.313 e. The Morgan fingerprint density at radius 3 is 3.00 bits per heavy atom. The summed E-state index contributed by atoms with van der Waals surface area (Å²) in [5.41, 5.74) is 1.15. The minimum Gasteiger partial charge on any atom is -0.313 e. The van der Waals surface area contributed by atoms with E-state index in [-0.39, 0.29) is 0 Å². The van der Waals surface area contributed by atoms with Crippen LogP contribution in [0.25, 0.3) is 10.2 Å². The van der Waals surface area contributed by atoms with Gasteiger partial charge < -0.3 is 5.32 Å². The van der Waals surface area contributed by atoms with Gasteiger partial charge in [0.05, 0.1) is 10.2 Å². The van der Waals surface area contributed by atoms with E-state index < -0.39 is 0 Å². The van der Waals surface area contributed by atoms with Gasteiger partial charge in [0, 0.05) is 11.3 Å². The number of fused-ring (bicyclic) bond motifs is 1. The van der Waals surface area contributed by atoms with Crippen LogP contribution in [0.15, 0.2) is 28.6 Å². The molecule has 1 saturated carbocycles. The van der Waals surface area contributed by atoms with Gasteiger partial charge in [0.15, 0.2) is 4.34 Å². The Morgan fingerprint density at radius 2 is 2.15 bits per heavy atom. The van der Waals surface area contributed by atoms with Crippen LogP contribution in [0.2, 0.25) is 0 Å². The van der Waals surface area contributed by atoms with E-state index in [1.165, 1.54) is 41.1 Å². The predicted octanol–water partition coefficient (Wildman–Crippen LogP) is 4.70. The second-order valence-electron chi connectivity index (χ2n) is 5.45. The summed E-state index contributed by atoms with van der Waals surface area (Å²) >= 11 is 3.83. The monoisotopic (exact) mass is 306 g/mol. The minimum absolute atomic E-state index is 0.667. The van der Waals surface area contributed by atoms with Crippen LogP contribution < -0.4 is 5.32 Å². The van der Waals surface area contributed by atoms with E-state index >= 15 is 0 Å². The van der Waals surface area contributed by atoms with Gasteiger partial charge >= 0.3 is 0 Å². The number of nitrogens with one attached hydrogen (secondary N) is 1. The maximum Gasteiger partial charge on any atom is 0.151 e. The Labute approximate surface area is 129 Å². The van der Waals surface area contributed by atoms with Crippen LogP contribution >= 0.6 is 23.1 Å². The SMILES string of the molecule is CCCNC1CCCCC1Sc1nc2ccccc2s1. The molecule has 0 amide bonds. The maximum atomic E-state index is 4.78. The quantitative estimate of drug-likeness (QED) is 0.866. The number of para-hydroxylation sites is 1. The number of hydrogen-bond donors (Lipinski definition) is 1. The fourth-order valence-corrected chi connectivity index (χ4v) is 5.45. The molecular weight excluding hydrogens is 284 g/mol. The van der Waals surface area contributed by atoms with Crippen LogP contribution in [0.5, 0.6) is 0 Å². The molecule has 0 aliphatic heterocycles. The summed E-state index contributed by atoms with van der Waals surface area (Å²) in [5.74, 6) is 0. The van der Waals surface area contributed by atoms with Gasteiger partial charge in [-0.1, -0.05) is 43.7 Å². The molecule has 108 valence electrons. The highest BCUT2D eigenvalue weighted by Gasteiger charge is 2.26. The molecule has 20 heavy (non-hydrogen) atoms. The van der Waals surface area contributed by atoms with Gasteiger partial charge in [0.2, 0.25) is 0 Å². The van der Waals surface area contributed by atoms with Gasteiger partial charge in [-0.2, -0.15) is 0 Å². The average Bonchev–Trinajstić information content (AvgIpc) is 2.88. The molecule has 2 nitrogen and oxygen atoms in total. The van der Waals surface area contributed by atoms with E-state index in [2.05, 4.69) is 36.5 Å². The molecule has 0 bridgehead atoms. The van der Waals surface area contributed by atoms with Crippen LogP contribution in [0, 0.1) is 0 Å². The third-order valence-electron chi connectivity index (χ3n) is 3.89. The lowest BCUT2D eigenvalue weighted by Crippen LogP contribution is -2.40. The van der Waals surface area contributed by atoms with Gasteiger partial charge in [0.1, 0.15) is 0 Å². The summed E-state index contributed by atoms with van der Waals surface area (Å²) in [6.07, 6.45) is 6.60. The molecule has 1 aliphatic rings. The molecule has 1 aliphatic carbocycles. The molecule has 4 heteroatoms. The van der Waals surface area contributed by atoms with Crippen molar-refractivity contribution in [2.24, 2.45) is 0 Å². The van der Waals surface area contributed by atoms with Crippen LogP contribution in [0.1, 0.15) is 39.0 Å². The zero-order valence-electron chi connectivity index (χ0n) is 12.0. The number of nitrogens with zero attached hydrogens (tertiary/aromatic N) is 1. The van der Waals surface area contributed by atoms with Crippen molar-refractivity contribution in [3.05, 3.63) is 24.3 Å². The maximum absolute atomic E-state index is 4.78. The smallest absolute Gasteiger partial charge is 0.151 e. The number of thioether (sulfide) groups is 1. The lowest BCUT2D eigenvalue weighted by molar-refractivity contribution is 0.384. The number of hydrogen-bond acceptors (Lipinski definition) is 4. The zero-order chi connectivity index (χ0) is 13.8. The second-order valence-corrected chi connectivity index (χ2v) is 7.97. The van der Waals surface area contributed by atoms with Crippen molar-refractivity contribution in [2.75, 3.05) is 6.54 Å². The second kappa shape index (κ2) is 6.92. The molecule has 2 aromatic rings. The first-order valence-corrected chi connectivity index (χ1v) is 9.32. The fourth-order valence-electron chi connectivity index (χ4n) is 2.83. The normalized spacial score (nSPS) is 23.2. The molecule has 1 aromatic carbocycles. The number of benzene rings is 1. The van der Waals surface area contributed by atoms with E-state index in [0.717, 1.165) is 12.1 Å². The van der Waals surface area contributed by atoms with Crippen LogP contribution in [-0.2, 0) is 0 Å². The summed E-state index contributed by atoms with van der Waals surface area (Å²) < 4.78 is 2.55. The molecule has 1 fully saturated rings. The minimum atomic E-state index is 0.667. The van der Waals surface area contributed by atoms with Gasteiger partial charge in [-0.25, -0.2) is 4.98 Å². The number of aromatic nitrogens is 1. The third-order valence-corrected chi connectivity index (χ3v) is 6.42. The Hall–Kier alpha value is -0.580. The zero-order valence-corrected chi connectivity index (χ0v) is 13.6. The van der Waals surface area contributed by atoms with Crippen molar-refractivity contribution >= 4 is 33.3 Å². The fraction of sp³-hybridized carbons (Fsp3) is 0.562. The molecule has 0 radical (unpaired) electrons. The molecule has 1 N–H and O–H groups in total. The van der Waals surface area contributed by atoms with Crippen LogP contribution in [-0.4, -0.2) is 22.8 Å². The van der Waals surface area contributed by atoms with Crippen molar-refractivity contribution in [3.63, 3.8) is 0 Å². The molecule has 2 unspecified atom stereocenters. The van der Waals surface area contributed by atoms with E-state index in [9.17, 15) is 0 Å². The average molecular weight is 307 g/mol. The van der Waals surface area contributed by atoms with Gasteiger partial charge in [0.25, 0.3) is 0 Å². The number of thiazole rings is 1. The topological polar surface area (TPSA) is 24.9 Å². The van der Waals surface area contributed by atoms with Crippen molar-refractivity contribution in [3.8, 4) is 0 Å². The van der Waals surface area contributed by atoms with Crippen LogP contribution in [0.4, 0.5) is 0 Å². The lowest BCUT2D eigenvalue weighted by Gasteiger charge is -2.31. The lowest BCUT2D eigenvalue weighted by atomic mass is 9.95. The first-order chi connectivity index (χ1) is 9.86. The summed E-state index contributed by atoms with van der Waals surface area (Å²) in [4.78, 5) is 4.78. The van der Waals surface area contributed by atoms with Gasteiger partial charge in [-0.3, -0.25) is 0 Å². The molecule has 1 heterocycles. The molecule has 0 spiro atoms. The summed E-state index contributed by atoms with van der Waals surface area (Å²) in [6.45, 7) is 3.38. The number of rotatable bonds is 5. The van der Waals surface area contributed by atoms with E-state index in [1.807, 2.05) is 23.1 Å². The molecule has 2 atom stereocenters. The highest BCUT2D eigenvalue weighted by molar-refractivity contribution is 8.01. The van der Waals surface area contributed by atoms with E-state index in [1.54, 1.807) is 0 Å². The third kappa shape index (κ3) is 3.35. The first kappa shape index (κ1) is 14.4. The van der Waals surface area contributed by atoms with Crippen molar-refractivity contribution in [1.29, 1.82) is 0 Å².